The average molecular weight is 277 g/mol. The van der Waals surface area contributed by atoms with Crippen molar-refractivity contribution in [2.24, 2.45) is 5.73 Å². The number of amides is 1. The first-order valence-corrected chi connectivity index (χ1v) is 7.12. The highest BCUT2D eigenvalue weighted by Crippen LogP contribution is 2.13. The van der Waals surface area contributed by atoms with Crippen LogP contribution in [0.5, 0.6) is 0 Å². The molecule has 0 aromatic heterocycles. The first-order chi connectivity index (χ1) is 9.65. The molecule has 0 saturated carbocycles. The number of hydrogen-bond donors (Lipinski definition) is 3. The molecule has 0 aliphatic carbocycles. The molecule has 2 rings (SSSR count). The molecule has 5 nitrogen and oxygen atoms in total. The van der Waals surface area contributed by atoms with Crippen molar-refractivity contribution >= 4 is 5.91 Å². The number of hydrogen-bond acceptors (Lipinski definition) is 4. The maximum atomic E-state index is 10.8. The first-order valence-electron chi connectivity index (χ1n) is 7.12. The van der Waals surface area contributed by atoms with Crippen LogP contribution in [0.4, 0.5) is 0 Å². The van der Waals surface area contributed by atoms with E-state index in [0.717, 1.165) is 32.5 Å². The molecule has 1 fully saturated rings. The Bertz CT molecular complexity index is 424. The SMILES string of the molecule is NC(=O)C(O)CNC1CCCN(Cc2ccccc2)C1. The Hall–Kier alpha value is -1.43. The van der Waals surface area contributed by atoms with Crippen LogP contribution in [0.2, 0.25) is 0 Å². The zero-order valence-corrected chi connectivity index (χ0v) is 11.7. The highest BCUT2D eigenvalue weighted by atomic mass is 16.3. The molecule has 1 aliphatic heterocycles. The van der Waals surface area contributed by atoms with Crippen LogP contribution in [0.1, 0.15) is 18.4 Å². The van der Waals surface area contributed by atoms with Gasteiger partial charge in [0.2, 0.25) is 5.91 Å². The first kappa shape index (κ1) is 15.0. The summed E-state index contributed by atoms with van der Waals surface area (Å²) in [6, 6.07) is 10.7. The Morgan fingerprint density at radius 3 is 2.90 bits per heavy atom. The van der Waals surface area contributed by atoms with Gasteiger partial charge in [0.25, 0.3) is 0 Å². The van der Waals surface area contributed by atoms with Crippen molar-refractivity contribution in [1.29, 1.82) is 0 Å². The smallest absolute Gasteiger partial charge is 0.247 e. The summed E-state index contributed by atoms with van der Waals surface area (Å²) in [5.74, 6) is -0.672. The standard InChI is InChI=1S/C15H23N3O2/c16-15(20)14(19)9-17-13-7-4-8-18(11-13)10-12-5-2-1-3-6-12/h1-3,5-6,13-14,17,19H,4,7-11H2,(H2,16,20). The summed E-state index contributed by atoms with van der Waals surface area (Å²) in [6.07, 6.45) is 1.09. The van der Waals surface area contributed by atoms with E-state index in [4.69, 9.17) is 5.73 Å². The summed E-state index contributed by atoms with van der Waals surface area (Å²) in [5, 5.41) is 12.6. The van der Waals surface area contributed by atoms with Gasteiger partial charge in [0.1, 0.15) is 6.10 Å². The van der Waals surface area contributed by atoms with E-state index >= 15 is 0 Å². The van der Waals surface area contributed by atoms with Gasteiger partial charge in [-0.15, -0.1) is 0 Å². The van der Waals surface area contributed by atoms with Crippen molar-refractivity contribution in [2.45, 2.75) is 31.5 Å². The van der Waals surface area contributed by atoms with Crippen molar-refractivity contribution in [3.8, 4) is 0 Å². The van der Waals surface area contributed by atoms with Gasteiger partial charge in [-0.25, -0.2) is 0 Å². The predicted molar refractivity (Wildman–Crippen MR) is 77.9 cm³/mol. The lowest BCUT2D eigenvalue weighted by atomic mass is 10.0. The molecule has 0 spiro atoms. The van der Waals surface area contributed by atoms with Crippen molar-refractivity contribution in [2.75, 3.05) is 19.6 Å². The Morgan fingerprint density at radius 2 is 2.20 bits per heavy atom. The summed E-state index contributed by atoms with van der Waals surface area (Å²) >= 11 is 0. The Labute approximate surface area is 119 Å². The lowest BCUT2D eigenvalue weighted by molar-refractivity contribution is -0.125. The molecule has 1 aromatic carbocycles. The molecule has 0 radical (unpaired) electrons. The molecular formula is C15H23N3O2. The quantitative estimate of drug-likeness (QED) is 0.688. The van der Waals surface area contributed by atoms with Crippen molar-refractivity contribution in [1.82, 2.24) is 10.2 Å². The zero-order chi connectivity index (χ0) is 14.4. The maximum absolute atomic E-state index is 10.8. The number of aliphatic hydroxyl groups is 1. The number of benzene rings is 1. The van der Waals surface area contributed by atoms with Gasteiger partial charge in [-0.2, -0.15) is 0 Å². The van der Waals surface area contributed by atoms with Gasteiger partial charge in [-0.05, 0) is 24.9 Å². The van der Waals surface area contributed by atoms with Crippen LogP contribution in [0, 0.1) is 0 Å². The lowest BCUT2D eigenvalue weighted by Crippen LogP contribution is -2.49. The third-order valence-electron chi connectivity index (χ3n) is 3.68. The number of carbonyl (C=O) groups is 1. The lowest BCUT2D eigenvalue weighted by Gasteiger charge is -2.33. The van der Waals surface area contributed by atoms with Crippen LogP contribution in [0.3, 0.4) is 0 Å². The van der Waals surface area contributed by atoms with Gasteiger partial charge < -0.3 is 16.2 Å². The van der Waals surface area contributed by atoms with Crippen molar-refractivity contribution < 1.29 is 9.90 Å². The number of primary amides is 1. The summed E-state index contributed by atoms with van der Waals surface area (Å²) < 4.78 is 0. The van der Waals surface area contributed by atoms with E-state index < -0.39 is 12.0 Å². The van der Waals surface area contributed by atoms with Gasteiger partial charge in [-0.3, -0.25) is 9.69 Å². The number of rotatable bonds is 6. The summed E-state index contributed by atoms with van der Waals surface area (Å²) in [7, 11) is 0. The third kappa shape index (κ3) is 4.59. The molecule has 1 aliphatic rings. The fourth-order valence-electron chi connectivity index (χ4n) is 2.59. The number of nitrogens with one attached hydrogen (secondary N) is 1. The average Bonchev–Trinajstić information content (AvgIpc) is 2.46. The monoisotopic (exact) mass is 277 g/mol. The van der Waals surface area contributed by atoms with Crippen LogP contribution in [-0.4, -0.2) is 47.7 Å². The van der Waals surface area contributed by atoms with Gasteiger partial charge in [0.05, 0.1) is 0 Å². The molecule has 1 amide bonds. The Balaban J connectivity index is 1.78. The molecule has 1 aromatic rings. The van der Waals surface area contributed by atoms with E-state index in [1.807, 2.05) is 6.07 Å². The fraction of sp³-hybridized carbons (Fsp3) is 0.533. The van der Waals surface area contributed by atoms with E-state index in [9.17, 15) is 9.90 Å². The topological polar surface area (TPSA) is 78.6 Å². The molecule has 2 atom stereocenters. The van der Waals surface area contributed by atoms with Crippen molar-refractivity contribution in [3.63, 3.8) is 0 Å². The summed E-state index contributed by atoms with van der Waals surface area (Å²) in [6.45, 7) is 3.20. The maximum Gasteiger partial charge on any atom is 0.247 e. The molecule has 20 heavy (non-hydrogen) atoms. The number of likely N-dealkylation sites (tertiary alicyclic amines) is 1. The highest BCUT2D eigenvalue weighted by Gasteiger charge is 2.21. The molecule has 2 unspecified atom stereocenters. The number of nitrogens with zero attached hydrogens (tertiary/aromatic N) is 1. The van der Waals surface area contributed by atoms with E-state index in [0.29, 0.717) is 6.04 Å². The van der Waals surface area contributed by atoms with Gasteiger partial charge in [-0.1, -0.05) is 30.3 Å². The molecule has 4 N–H and O–H groups in total. The summed E-state index contributed by atoms with van der Waals surface area (Å²) in [5.41, 5.74) is 6.35. The number of piperidine rings is 1. The minimum absolute atomic E-state index is 0.235. The zero-order valence-electron chi connectivity index (χ0n) is 11.7. The number of carbonyl (C=O) groups excluding carboxylic acids is 1. The van der Waals surface area contributed by atoms with Crippen molar-refractivity contribution in [3.05, 3.63) is 35.9 Å². The number of aliphatic hydroxyl groups excluding tert-OH is 1. The van der Waals surface area contributed by atoms with Gasteiger partial charge >= 0.3 is 0 Å². The molecule has 5 heteroatoms. The fourth-order valence-corrected chi connectivity index (χ4v) is 2.59. The van der Waals surface area contributed by atoms with Crippen LogP contribution in [0.15, 0.2) is 30.3 Å². The molecule has 1 saturated heterocycles. The minimum atomic E-state index is -1.10. The second-order valence-electron chi connectivity index (χ2n) is 5.39. The Kier molecular flexibility index (Phi) is 5.52. The largest absolute Gasteiger partial charge is 0.382 e. The van der Waals surface area contributed by atoms with Gasteiger partial charge in [0.15, 0.2) is 0 Å². The third-order valence-corrected chi connectivity index (χ3v) is 3.68. The van der Waals surface area contributed by atoms with E-state index in [2.05, 4.69) is 34.5 Å². The summed E-state index contributed by atoms with van der Waals surface area (Å²) in [4.78, 5) is 13.2. The molecule has 110 valence electrons. The van der Waals surface area contributed by atoms with Crippen LogP contribution < -0.4 is 11.1 Å². The van der Waals surface area contributed by atoms with Crippen LogP contribution >= 0.6 is 0 Å². The van der Waals surface area contributed by atoms with E-state index in [-0.39, 0.29) is 6.54 Å². The molecular weight excluding hydrogens is 254 g/mol. The number of nitrogens with two attached hydrogens (primary N) is 1. The predicted octanol–water partition coefficient (Wildman–Crippen LogP) is 0.0868. The van der Waals surface area contributed by atoms with Crippen LogP contribution in [0.25, 0.3) is 0 Å². The second kappa shape index (κ2) is 7.38. The second-order valence-corrected chi connectivity index (χ2v) is 5.39. The van der Waals surface area contributed by atoms with Crippen LogP contribution in [-0.2, 0) is 11.3 Å². The highest BCUT2D eigenvalue weighted by molar-refractivity contribution is 5.78. The Morgan fingerprint density at radius 1 is 1.45 bits per heavy atom. The van der Waals surface area contributed by atoms with Gasteiger partial charge in [0, 0.05) is 25.7 Å². The van der Waals surface area contributed by atoms with E-state index in [1.165, 1.54) is 5.56 Å². The molecule has 1 heterocycles. The minimum Gasteiger partial charge on any atom is -0.382 e. The normalized spacial score (nSPS) is 21.6. The molecule has 0 bridgehead atoms. The van der Waals surface area contributed by atoms with E-state index in [1.54, 1.807) is 0 Å².